The summed E-state index contributed by atoms with van der Waals surface area (Å²) in [5.74, 6) is 1.69. The van der Waals surface area contributed by atoms with E-state index in [1.165, 1.54) is 20.2 Å². The van der Waals surface area contributed by atoms with Crippen LogP contribution in [0.1, 0.15) is 23.5 Å². The highest BCUT2D eigenvalue weighted by Crippen LogP contribution is 2.32. The molecule has 0 saturated carbocycles. The van der Waals surface area contributed by atoms with Crippen molar-refractivity contribution in [1.82, 2.24) is 4.98 Å². The molecule has 5 heteroatoms. The van der Waals surface area contributed by atoms with Crippen molar-refractivity contribution in [1.29, 1.82) is 0 Å². The number of benzene rings is 2. The number of ether oxygens (including phenoxy) is 2. The third kappa shape index (κ3) is 2.78. The highest BCUT2D eigenvalue weighted by atomic mass is 32.1. The molecule has 0 spiro atoms. The molecule has 2 aromatic carbocycles. The van der Waals surface area contributed by atoms with Crippen molar-refractivity contribution in [3.05, 3.63) is 53.0 Å². The molecule has 1 aromatic heterocycles. The van der Waals surface area contributed by atoms with Crippen molar-refractivity contribution in [2.45, 2.75) is 19.5 Å². The molecule has 118 valence electrons. The van der Waals surface area contributed by atoms with Crippen LogP contribution < -0.4 is 14.4 Å². The Balaban J connectivity index is 1.52. The molecule has 0 saturated heterocycles. The van der Waals surface area contributed by atoms with Crippen molar-refractivity contribution >= 4 is 21.6 Å². The van der Waals surface area contributed by atoms with Gasteiger partial charge in [-0.1, -0.05) is 12.1 Å². The van der Waals surface area contributed by atoms with Gasteiger partial charge in [-0.05, 0) is 37.3 Å². The van der Waals surface area contributed by atoms with Gasteiger partial charge in [0, 0.05) is 5.56 Å². The van der Waals surface area contributed by atoms with Crippen molar-refractivity contribution < 1.29 is 14.4 Å². The van der Waals surface area contributed by atoms with E-state index in [9.17, 15) is 0 Å². The lowest BCUT2D eigenvalue weighted by molar-refractivity contribution is -0.923. The average molecular weight is 327 g/mol. The van der Waals surface area contributed by atoms with E-state index in [-0.39, 0.29) is 0 Å². The van der Waals surface area contributed by atoms with Crippen molar-refractivity contribution in [3.63, 3.8) is 0 Å². The maximum Gasteiger partial charge on any atom is 0.231 e. The minimum atomic E-state index is 0.323. The summed E-state index contributed by atoms with van der Waals surface area (Å²) in [4.78, 5) is 6.19. The zero-order valence-electron chi connectivity index (χ0n) is 13.2. The third-order valence-corrected chi connectivity index (χ3v) is 5.56. The van der Waals surface area contributed by atoms with E-state index < -0.39 is 0 Å². The molecule has 1 aliphatic heterocycles. The van der Waals surface area contributed by atoms with E-state index in [2.05, 4.69) is 44.3 Å². The number of thiazole rings is 1. The molecule has 0 fully saturated rings. The van der Waals surface area contributed by atoms with Gasteiger partial charge in [0.05, 0.1) is 17.3 Å². The Labute approximate surface area is 139 Å². The number of nitrogens with one attached hydrogen (secondary N) is 1. The van der Waals surface area contributed by atoms with Crippen LogP contribution in [-0.2, 0) is 6.54 Å². The van der Waals surface area contributed by atoms with Crippen molar-refractivity contribution in [2.75, 3.05) is 13.8 Å². The predicted molar refractivity (Wildman–Crippen MR) is 91.2 cm³/mol. The van der Waals surface area contributed by atoms with Gasteiger partial charge in [-0.25, -0.2) is 4.98 Å². The molecule has 1 aliphatic rings. The SMILES string of the molecule is C[C@H](c1nc2ccccc2s1)[NH+](C)Cc1ccc2c(c1)OCO2. The Morgan fingerprint density at radius 2 is 2.00 bits per heavy atom. The van der Waals surface area contributed by atoms with Crippen molar-refractivity contribution in [2.24, 2.45) is 0 Å². The lowest BCUT2D eigenvalue weighted by atomic mass is 10.1. The minimum Gasteiger partial charge on any atom is -0.454 e. The molecule has 1 N–H and O–H groups in total. The number of hydrogen-bond donors (Lipinski definition) is 1. The Morgan fingerprint density at radius 3 is 2.87 bits per heavy atom. The minimum absolute atomic E-state index is 0.323. The largest absolute Gasteiger partial charge is 0.454 e. The van der Waals surface area contributed by atoms with E-state index in [1.807, 2.05) is 12.1 Å². The average Bonchev–Trinajstić information content (AvgIpc) is 3.19. The second-order valence-corrected chi connectivity index (χ2v) is 7.01. The quantitative estimate of drug-likeness (QED) is 0.800. The molecule has 2 atom stereocenters. The van der Waals surface area contributed by atoms with Gasteiger partial charge >= 0.3 is 0 Å². The summed E-state index contributed by atoms with van der Waals surface area (Å²) >= 11 is 1.79. The van der Waals surface area contributed by atoms with Crippen LogP contribution in [0, 0.1) is 0 Å². The summed E-state index contributed by atoms with van der Waals surface area (Å²) in [6, 6.07) is 14.9. The summed E-state index contributed by atoms with van der Waals surface area (Å²) < 4.78 is 12.1. The molecule has 2 heterocycles. The topological polar surface area (TPSA) is 35.8 Å². The Bertz CT molecular complexity index is 813. The maximum atomic E-state index is 5.46. The fourth-order valence-electron chi connectivity index (χ4n) is 2.81. The van der Waals surface area contributed by atoms with Gasteiger partial charge in [-0.15, -0.1) is 11.3 Å². The van der Waals surface area contributed by atoms with E-state index in [1.54, 1.807) is 11.3 Å². The first-order chi connectivity index (χ1) is 11.2. The van der Waals surface area contributed by atoms with Crippen LogP contribution in [0.2, 0.25) is 0 Å². The van der Waals surface area contributed by atoms with Crippen LogP contribution in [0.4, 0.5) is 0 Å². The first-order valence-corrected chi connectivity index (χ1v) is 8.58. The number of quaternary nitrogens is 1. The fourth-order valence-corrected chi connectivity index (χ4v) is 3.92. The fraction of sp³-hybridized carbons (Fsp3) is 0.278. The summed E-state index contributed by atoms with van der Waals surface area (Å²) in [7, 11) is 2.21. The van der Waals surface area contributed by atoms with Gasteiger partial charge in [0.2, 0.25) is 6.79 Å². The first kappa shape index (κ1) is 14.5. The van der Waals surface area contributed by atoms with Crippen LogP contribution in [0.3, 0.4) is 0 Å². The van der Waals surface area contributed by atoms with Crippen molar-refractivity contribution in [3.8, 4) is 11.5 Å². The number of nitrogens with zero attached hydrogens (tertiary/aromatic N) is 1. The molecule has 4 nitrogen and oxygen atoms in total. The molecule has 3 aromatic rings. The molecule has 0 bridgehead atoms. The number of aromatic nitrogens is 1. The summed E-state index contributed by atoms with van der Waals surface area (Å²) in [5.41, 5.74) is 2.34. The Kier molecular flexibility index (Phi) is 3.67. The van der Waals surface area contributed by atoms with Gasteiger partial charge in [0.25, 0.3) is 0 Å². The van der Waals surface area contributed by atoms with Crippen LogP contribution in [-0.4, -0.2) is 18.8 Å². The Morgan fingerprint density at radius 1 is 1.17 bits per heavy atom. The van der Waals surface area contributed by atoms with Gasteiger partial charge in [0.1, 0.15) is 12.6 Å². The van der Waals surface area contributed by atoms with E-state index >= 15 is 0 Å². The molecule has 23 heavy (non-hydrogen) atoms. The number of hydrogen-bond acceptors (Lipinski definition) is 4. The zero-order valence-corrected chi connectivity index (χ0v) is 14.0. The molecule has 0 radical (unpaired) electrons. The predicted octanol–water partition coefficient (Wildman–Crippen LogP) is 2.80. The monoisotopic (exact) mass is 327 g/mol. The summed E-state index contributed by atoms with van der Waals surface area (Å²) in [6.45, 7) is 3.48. The number of rotatable bonds is 4. The first-order valence-electron chi connectivity index (χ1n) is 7.77. The standard InChI is InChI=1S/C18H18N2O2S/c1-12(18-19-14-5-3-4-6-17(14)23-18)20(2)10-13-7-8-15-16(9-13)22-11-21-15/h3-9,12H,10-11H2,1-2H3/p+1/t12-/m1/s1. The molecule has 0 amide bonds. The summed E-state index contributed by atoms with van der Waals surface area (Å²) in [6.07, 6.45) is 0. The summed E-state index contributed by atoms with van der Waals surface area (Å²) in [5, 5.41) is 1.18. The van der Waals surface area contributed by atoms with E-state index in [4.69, 9.17) is 14.5 Å². The van der Waals surface area contributed by atoms with Crippen LogP contribution in [0.5, 0.6) is 11.5 Å². The zero-order chi connectivity index (χ0) is 15.8. The normalized spacial score (nSPS) is 15.7. The lowest BCUT2D eigenvalue weighted by Gasteiger charge is -2.20. The highest BCUT2D eigenvalue weighted by molar-refractivity contribution is 7.18. The third-order valence-electron chi connectivity index (χ3n) is 4.34. The Hall–Kier alpha value is -2.11. The number of para-hydroxylation sites is 1. The highest BCUT2D eigenvalue weighted by Gasteiger charge is 2.21. The smallest absolute Gasteiger partial charge is 0.231 e. The molecular formula is C18H19N2O2S+. The van der Waals surface area contributed by atoms with Gasteiger partial charge in [0.15, 0.2) is 16.5 Å². The van der Waals surface area contributed by atoms with Crippen LogP contribution in [0.15, 0.2) is 42.5 Å². The van der Waals surface area contributed by atoms with Gasteiger partial charge in [-0.3, -0.25) is 0 Å². The maximum absolute atomic E-state index is 5.46. The molecule has 0 aliphatic carbocycles. The molecule has 4 rings (SSSR count). The van der Waals surface area contributed by atoms with Gasteiger partial charge in [-0.2, -0.15) is 0 Å². The van der Waals surface area contributed by atoms with Crippen LogP contribution in [0.25, 0.3) is 10.2 Å². The number of fused-ring (bicyclic) bond motifs is 2. The van der Waals surface area contributed by atoms with E-state index in [0.717, 1.165) is 23.6 Å². The van der Waals surface area contributed by atoms with Gasteiger partial charge < -0.3 is 14.4 Å². The molecular weight excluding hydrogens is 308 g/mol. The molecule has 1 unspecified atom stereocenters. The second kappa shape index (κ2) is 5.83. The van der Waals surface area contributed by atoms with Crippen LogP contribution >= 0.6 is 11.3 Å². The lowest BCUT2D eigenvalue weighted by Crippen LogP contribution is -3.07. The second-order valence-electron chi connectivity index (χ2n) is 5.95. The van der Waals surface area contributed by atoms with E-state index in [0.29, 0.717) is 12.8 Å².